The van der Waals surface area contributed by atoms with Crippen molar-refractivity contribution in [2.24, 2.45) is 5.92 Å². The molecule has 0 fully saturated rings. The highest BCUT2D eigenvalue weighted by atomic mass is 16.4. The highest BCUT2D eigenvalue weighted by Gasteiger charge is 2.22. The van der Waals surface area contributed by atoms with Crippen molar-refractivity contribution in [3.8, 4) is 0 Å². The molecule has 0 saturated heterocycles. The molecule has 0 saturated carbocycles. The maximum Gasteiger partial charge on any atom is 0.326 e. The second-order valence-electron chi connectivity index (χ2n) is 3.83. The van der Waals surface area contributed by atoms with E-state index >= 15 is 0 Å². The van der Waals surface area contributed by atoms with Crippen molar-refractivity contribution in [2.75, 3.05) is 13.6 Å². The molecule has 5 nitrogen and oxygen atoms in total. The summed E-state index contributed by atoms with van der Waals surface area (Å²) < 4.78 is 0. The van der Waals surface area contributed by atoms with Crippen LogP contribution in [0.1, 0.15) is 26.7 Å². The average Bonchev–Trinajstić information content (AvgIpc) is 2.13. The second kappa shape index (κ2) is 7.23. The van der Waals surface area contributed by atoms with Gasteiger partial charge in [0, 0.05) is 6.42 Å². The average molecular weight is 216 g/mol. The van der Waals surface area contributed by atoms with Gasteiger partial charge in [0.25, 0.3) is 0 Å². The zero-order valence-corrected chi connectivity index (χ0v) is 9.54. The molecule has 0 unspecified atom stereocenters. The molecule has 1 atom stereocenters. The van der Waals surface area contributed by atoms with Crippen LogP contribution < -0.4 is 10.6 Å². The first kappa shape index (κ1) is 13.9. The number of carbonyl (C=O) groups is 2. The van der Waals surface area contributed by atoms with E-state index in [-0.39, 0.29) is 11.8 Å². The van der Waals surface area contributed by atoms with Crippen molar-refractivity contribution >= 4 is 11.9 Å². The molecule has 0 aromatic carbocycles. The summed E-state index contributed by atoms with van der Waals surface area (Å²) >= 11 is 0. The van der Waals surface area contributed by atoms with Crippen LogP contribution in [0.25, 0.3) is 0 Å². The fourth-order valence-electron chi connectivity index (χ4n) is 1.18. The van der Waals surface area contributed by atoms with Crippen LogP contribution >= 0.6 is 0 Å². The molecule has 0 aliphatic rings. The number of nitrogens with one attached hydrogen (secondary N) is 2. The number of hydrogen-bond acceptors (Lipinski definition) is 3. The summed E-state index contributed by atoms with van der Waals surface area (Å²) in [6.07, 6.45) is 1.07. The Morgan fingerprint density at radius 3 is 2.33 bits per heavy atom. The molecule has 1 amide bonds. The van der Waals surface area contributed by atoms with E-state index in [2.05, 4.69) is 10.6 Å². The summed E-state index contributed by atoms with van der Waals surface area (Å²) in [5.74, 6) is -1.28. The SMILES string of the molecule is CNCCCC(=O)N[C@@H](C(=O)O)C(C)C. The van der Waals surface area contributed by atoms with Crippen LogP contribution in [-0.4, -0.2) is 36.6 Å². The summed E-state index contributed by atoms with van der Waals surface area (Å²) in [5, 5.41) is 14.3. The third-order valence-corrected chi connectivity index (χ3v) is 2.08. The van der Waals surface area contributed by atoms with Gasteiger partial charge in [0.05, 0.1) is 0 Å². The predicted octanol–water partition coefficient (Wildman–Crippen LogP) is 0.211. The van der Waals surface area contributed by atoms with E-state index < -0.39 is 12.0 Å². The van der Waals surface area contributed by atoms with Gasteiger partial charge in [-0.1, -0.05) is 13.8 Å². The fourth-order valence-corrected chi connectivity index (χ4v) is 1.18. The molecule has 0 radical (unpaired) electrons. The lowest BCUT2D eigenvalue weighted by Gasteiger charge is -2.17. The van der Waals surface area contributed by atoms with Crippen molar-refractivity contribution in [2.45, 2.75) is 32.7 Å². The van der Waals surface area contributed by atoms with E-state index in [4.69, 9.17) is 5.11 Å². The van der Waals surface area contributed by atoms with Crippen LogP contribution in [0, 0.1) is 5.92 Å². The molecule has 15 heavy (non-hydrogen) atoms. The third-order valence-electron chi connectivity index (χ3n) is 2.08. The van der Waals surface area contributed by atoms with Gasteiger partial charge in [-0.2, -0.15) is 0 Å². The summed E-state index contributed by atoms with van der Waals surface area (Å²) in [5.41, 5.74) is 0. The van der Waals surface area contributed by atoms with Crippen molar-refractivity contribution < 1.29 is 14.7 Å². The van der Waals surface area contributed by atoms with Crippen LogP contribution in [-0.2, 0) is 9.59 Å². The molecular formula is C10H20N2O3. The molecule has 0 aromatic heterocycles. The van der Waals surface area contributed by atoms with Gasteiger partial charge in [0.1, 0.15) is 6.04 Å². The summed E-state index contributed by atoms with van der Waals surface area (Å²) in [6.45, 7) is 4.30. The van der Waals surface area contributed by atoms with Crippen LogP contribution in [0.5, 0.6) is 0 Å². The zero-order valence-electron chi connectivity index (χ0n) is 9.54. The standard InChI is InChI=1S/C10H20N2O3/c1-7(2)9(10(14)15)12-8(13)5-4-6-11-3/h7,9,11H,4-6H2,1-3H3,(H,12,13)(H,14,15)/t9-/m1/s1. The number of amides is 1. The quantitative estimate of drug-likeness (QED) is 0.532. The molecule has 5 heteroatoms. The Kier molecular flexibility index (Phi) is 6.70. The predicted molar refractivity (Wildman–Crippen MR) is 57.6 cm³/mol. The van der Waals surface area contributed by atoms with Gasteiger partial charge in [-0.15, -0.1) is 0 Å². The Morgan fingerprint density at radius 1 is 1.33 bits per heavy atom. The fraction of sp³-hybridized carbons (Fsp3) is 0.800. The minimum absolute atomic E-state index is 0.101. The Labute approximate surface area is 90.2 Å². The Morgan fingerprint density at radius 2 is 1.93 bits per heavy atom. The van der Waals surface area contributed by atoms with E-state index in [1.807, 2.05) is 7.05 Å². The van der Waals surface area contributed by atoms with Gasteiger partial charge in [-0.05, 0) is 25.9 Å². The van der Waals surface area contributed by atoms with E-state index in [1.54, 1.807) is 13.8 Å². The van der Waals surface area contributed by atoms with Crippen molar-refractivity contribution in [3.63, 3.8) is 0 Å². The van der Waals surface area contributed by atoms with Crippen molar-refractivity contribution in [3.05, 3.63) is 0 Å². The lowest BCUT2D eigenvalue weighted by molar-refractivity contribution is -0.143. The Bertz CT molecular complexity index is 217. The maximum absolute atomic E-state index is 11.3. The molecule has 0 heterocycles. The number of aliphatic carboxylic acids is 1. The van der Waals surface area contributed by atoms with Gasteiger partial charge >= 0.3 is 5.97 Å². The molecule has 0 rings (SSSR count). The van der Waals surface area contributed by atoms with Gasteiger partial charge in [0.2, 0.25) is 5.91 Å². The molecule has 0 spiro atoms. The number of hydrogen-bond donors (Lipinski definition) is 3. The minimum atomic E-state index is -0.980. The number of rotatable bonds is 7. The van der Waals surface area contributed by atoms with Gasteiger partial charge in [0.15, 0.2) is 0 Å². The monoisotopic (exact) mass is 216 g/mol. The van der Waals surface area contributed by atoms with Gasteiger partial charge in [-0.25, -0.2) is 4.79 Å². The van der Waals surface area contributed by atoms with E-state index in [0.717, 1.165) is 6.54 Å². The number of carboxylic acid groups (broad SMARTS) is 1. The molecule has 0 aliphatic carbocycles. The summed E-state index contributed by atoms with van der Waals surface area (Å²) in [4.78, 5) is 22.1. The van der Waals surface area contributed by atoms with Crippen LogP contribution in [0.3, 0.4) is 0 Å². The van der Waals surface area contributed by atoms with Crippen LogP contribution in [0.4, 0.5) is 0 Å². The number of carbonyl (C=O) groups excluding carboxylic acids is 1. The van der Waals surface area contributed by atoms with Crippen molar-refractivity contribution in [1.29, 1.82) is 0 Å². The summed E-state index contributed by atoms with van der Waals surface area (Å²) in [7, 11) is 1.81. The molecule has 88 valence electrons. The van der Waals surface area contributed by atoms with Gasteiger partial charge in [-0.3, -0.25) is 4.79 Å². The Balaban J connectivity index is 3.95. The van der Waals surface area contributed by atoms with Crippen molar-refractivity contribution in [1.82, 2.24) is 10.6 Å². The Hall–Kier alpha value is -1.10. The highest BCUT2D eigenvalue weighted by Crippen LogP contribution is 2.02. The zero-order chi connectivity index (χ0) is 11.8. The molecule has 0 aromatic rings. The van der Waals surface area contributed by atoms with E-state index in [9.17, 15) is 9.59 Å². The molecule has 3 N–H and O–H groups in total. The first-order valence-electron chi connectivity index (χ1n) is 5.15. The second-order valence-corrected chi connectivity index (χ2v) is 3.83. The molecule has 0 aliphatic heterocycles. The normalized spacial score (nSPS) is 12.5. The number of carboxylic acids is 1. The van der Waals surface area contributed by atoms with E-state index in [0.29, 0.717) is 12.8 Å². The largest absolute Gasteiger partial charge is 0.480 e. The maximum atomic E-state index is 11.3. The molecular weight excluding hydrogens is 196 g/mol. The lowest BCUT2D eigenvalue weighted by Crippen LogP contribution is -2.44. The smallest absolute Gasteiger partial charge is 0.326 e. The first-order valence-corrected chi connectivity index (χ1v) is 5.15. The summed E-state index contributed by atoms with van der Waals surface area (Å²) in [6, 6.07) is -0.785. The molecule has 0 bridgehead atoms. The van der Waals surface area contributed by atoms with Crippen LogP contribution in [0.15, 0.2) is 0 Å². The highest BCUT2D eigenvalue weighted by molar-refractivity contribution is 5.83. The van der Waals surface area contributed by atoms with E-state index in [1.165, 1.54) is 0 Å². The lowest BCUT2D eigenvalue weighted by atomic mass is 10.0. The topological polar surface area (TPSA) is 78.4 Å². The van der Waals surface area contributed by atoms with Gasteiger partial charge < -0.3 is 15.7 Å². The van der Waals surface area contributed by atoms with Crippen LogP contribution in [0.2, 0.25) is 0 Å². The third kappa shape index (κ3) is 6.06. The minimum Gasteiger partial charge on any atom is -0.480 e. The first-order chi connectivity index (χ1) is 6.99.